The van der Waals surface area contributed by atoms with Gasteiger partial charge in [-0.25, -0.2) is 4.98 Å². The van der Waals surface area contributed by atoms with E-state index in [4.69, 9.17) is 34.8 Å². The lowest BCUT2D eigenvalue weighted by molar-refractivity contribution is -0.383. The summed E-state index contributed by atoms with van der Waals surface area (Å²) in [6, 6.07) is 6.57. The van der Waals surface area contributed by atoms with Gasteiger partial charge in [-0.2, -0.15) is 0 Å². The fourth-order valence-electron chi connectivity index (χ4n) is 1.54. The Morgan fingerprint density at radius 2 is 1.90 bits per heavy atom. The Labute approximate surface area is 133 Å². The van der Waals surface area contributed by atoms with E-state index in [2.05, 4.69) is 10.3 Å². The van der Waals surface area contributed by atoms with Crippen LogP contribution in [0, 0.1) is 10.1 Å². The molecule has 0 bridgehead atoms. The van der Waals surface area contributed by atoms with E-state index >= 15 is 0 Å². The van der Waals surface area contributed by atoms with Crippen LogP contribution in [0.5, 0.6) is 0 Å². The highest BCUT2D eigenvalue weighted by Crippen LogP contribution is 2.28. The van der Waals surface area contributed by atoms with Crippen LogP contribution in [0.4, 0.5) is 11.4 Å². The third kappa shape index (κ3) is 3.60. The third-order valence-electron chi connectivity index (χ3n) is 2.46. The standard InChI is InChI=1S/C12H6Cl3N3O3/c13-6-1-3-9(18(20)21)8(5-6)16-12(19)7-2-4-10(14)17-11(7)15/h1-5H,(H,16,19). The van der Waals surface area contributed by atoms with Crippen molar-refractivity contribution in [3.63, 3.8) is 0 Å². The molecular weight excluding hydrogens is 341 g/mol. The molecule has 2 rings (SSSR count). The Morgan fingerprint density at radius 3 is 2.52 bits per heavy atom. The Kier molecular flexibility index (Phi) is 4.62. The minimum Gasteiger partial charge on any atom is -0.316 e. The third-order valence-corrected chi connectivity index (χ3v) is 3.20. The van der Waals surface area contributed by atoms with Crippen molar-refractivity contribution in [1.82, 2.24) is 4.98 Å². The first kappa shape index (κ1) is 15.5. The van der Waals surface area contributed by atoms with Gasteiger partial charge in [0.2, 0.25) is 0 Å². The number of halogens is 3. The SMILES string of the molecule is O=C(Nc1cc(Cl)ccc1[N+](=O)[O-])c1ccc(Cl)nc1Cl. The number of carbonyl (C=O) groups is 1. The van der Waals surface area contributed by atoms with Crippen molar-refractivity contribution < 1.29 is 9.72 Å². The second-order valence-corrected chi connectivity index (χ2v) is 5.03. The number of pyridine rings is 1. The molecule has 0 aliphatic carbocycles. The fraction of sp³-hybridized carbons (Fsp3) is 0. The number of benzene rings is 1. The van der Waals surface area contributed by atoms with E-state index in [9.17, 15) is 14.9 Å². The molecule has 1 aromatic carbocycles. The topological polar surface area (TPSA) is 85.1 Å². The first-order chi connectivity index (χ1) is 9.88. The first-order valence-corrected chi connectivity index (χ1v) is 6.59. The normalized spacial score (nSPS) is 10.2. The van der Waals surface area contributed by atoms with Crippen molar-refractivity contribution in [2.75, 3.05) is 5.32 Å². The molecule has 1 amide bonds. The van der Waals surface area contributed by atoms with Gasteiger partial charge in [-0.1, -0.05) is 34.8 Å². The van der Waals surface area contributed by atoms with Crippen LogP contribution in [0.25, 0.3) is 0 Å². The average molecular weight is 347 g/mol. The Balaban J connectivity index is 2.35. The second kappa shape index (κ2) is 6.26. The Hall–Kier alpha value is -1.89. The molecule has 108 valence electrons. The van der Waals surface area contributed by atoms with Crippen molar-refractivity contribution in [3.8, 4) is 0 Å². The van der Waals surface area contributed by atoms with Gasteiger partial charge in [0.15, 0.2) is 0 Å². The summed E-state index contributed by atoms with van der Waals surface area (Å²) in [5.41, 5.74) is -0.287. The van der Waals surface area contributed by atoms with Crippen LogP contribution < -0.4 is 5.32 Å². The van der Waals surface area contributed by atoms with Gasteiger partial charge in [-0.05, 0) is 24.3 Å². The van der Waals surface area contributed by atoms with E-state index in [-0.39, 0.29) is 32.3 Å². The maximum atomic E-state index is 12.1. The zero-order valence-electron chi connectivity index (χ0n) is 10.1. The molecule has 0 aliphatic rings. The molecule has 0 saturated carbocycles. The van der Waals surface area contributed by atoms with Gasteiger partial charge in [0.05, 0.1) is 10.5 Å². The number of anilines is 1. The van der Waals surface area contributed by atoms with Crippen LogP contribution in [0.15, 0.2) is 30.3 Å². The quantitative estimate of drug-likeness (QED) is 0.512. The highest BCUT2D eigenvalue weighted by Gasteiger charge is 2.19. The van der Waals surface area contributed by atoms with Crippen LogP contribution in [0.3, 0.4) is 0 Å². The molecule has 9 heteroatoms. The summed E-state index contributed by atoms with van der Waals surface area (Å²) in [6.45, 7) is 0. The molecule has 0 saturated heterocycles. The van der Waals surface area contributed by atoms with Crippen LogP contribution in [0.2, 0.25) is 15.3 Å². The smallest absolute Gasteiger partial charge is 0.292 e. The Bertz CT molecular complexity index is 737. The minimum absolute atomic E-state index is 0.0374. The molecule has 6 nitrogen and oxygen atoms in total. The minimum atomic E-state index is -0.658. The summed E-state index contributed by atoms with van der Waals surface area (Å²) in [5, 5.41) is 13.6. The molecule has 2 aromatic rings. The predicted molar refractivity (Wildman–Crippen MR) is 80.3 cm³/mol. The van der Waals surface area contributed by atoms with Gasteiger partial charge in [-0.15, -0.1) is 0 Å². The van der Waals surface area contributed by atoms with Crippen molar-refractivity contribution >= 4 is 52.1 Å². The fourth-order valence-corrected chi connectivity index (χ4v) is 2.14. The highest BCUT2D eigenvalue weighted by atomic mass is 35.5. The molecule has 0 radical (unpaired) electrons. The maximum Gasteiger partial charge on any atom is 0.292 e. The van der Waals surface area contributed by atoms with Crippen molar-refractivity contribution in [3.05, 3.63) is 61.3 Å². The zero-order chi connectivity index (χ0) is 15.6. The number of aromatic nitrogens is 1. The monoisotopic (exact) mass is 345 g/mol. The lowest BCUT2D eigenvalue weighted by atomic mass is 10.2. The number of hydrogen-bond acceptors (Lipinski definition) is 4. The maximum absolute atomic E-state index is 12.1. The van der Waals surface area contributed by atoms with Crippen molar-refractivity contribution in [2.45, 2.75) is 0 Å². The molecule has 0 unspecified atom stereocenters. The van der Waals surface area contributed by atoms with E-state index < -0.39 is 10.8 Å². The molecular formula is C12H6Cl3N3O3. The summed E-state index contributed by atoms with van der Waals surface area (Å²) in [5.74, 6) is -0.658. The van der Waals surface area contributed by atoms with Crippen molar-refractivity contribution in [1.29, 1.82) is 0 Å². The van der Waals surface area contributed by atoms with Gasteiger partial charge in [0.1, 0.15) is 16.0 Å². The molecule has 0 aliphatic heterocycles. The number of amides is 1. The van der Waals surface area contributed by atoms with Gasteiger partial charge in [0, 0.05) is 11.1 Å². The summed E-state index contributed by atoms with van der Waals surface area (Å²) in [6.07, 6.45) is 0. The van der Waals surface area contributed by atoms with Crippen LogP contribution in [0.1, 0.15) is 10.4 Å². The molecule has 1 aromatic heterocycles. The van der Waals surface area contributed by atoms with Gasteiger partial charge in [-0.3, -0.25) is 14.9 Å². The summed E-state index contributed by atoms with van der Waals surface area (Å²) < 4.78 is 0. The van der Waals surface area contributed by atoms with E-state index in [1.807, 2.05) is 0 Å². The Morgan fingerprint density at radius 1 is 1.19 bits per heavy atom. The number of nitro groups is 1. The number of nitrogens with zero attached hydrogens (tertiary/aromatic N) is 2. The summed E-state index contributed by atoms with van der Waals surface area (Å²) >= 11 is 17.2. The molecule has 21 heavy (non-hydrogen) atoms. The van der Waals surface area contributed by atoms with Crippen LogP contribution in [-0.2, 0) is 0 Å². The highest BCUT2D eigenvalue weighted by molar-refractivity contribution is 6.35. The van der Waals surface area contributed by atoms with E-state index in [0.717, 1.165) is 0 Å². The number of rotatable bonds is 3. The molecule has 1 N–H and O–H groups in total. The van der Waals surface area contributed by atoms with Crippen LogP contribution >= 0.6 is 34.8 Å². The second-order valence-electron chi connectivity index (χ2n) is 3.85. The number of hydrogen-bond donors (Lipinski definition) is 1. The predicted octanol–water partition coefficient (Wildman–Crippen LogP) is 4.20. The summed E-state index contributed by atoms with van der Waals surface area (Å²) in [7, 11) is 0. The van der Waals surface area contributed by atoms with Gasteiger partial charge < -0.3 is 5.32 Å². The first-order valence-electron chi connectivity index (χ1n) is 5.46. The molecule has 1 heterocycles. The van der Waals surface area contributed by atoms with Crippen molar-refractivity contribution in [2.24, 2.45) is 0 Å². The summed E-state index contributed by atoms with van der Waals surface area (Å²) in [4.78, 5) is 26.1. The van der Waals surface area contributed by atoms with Gasteiger partial charge >= 0.3 is 0 Å². The van der Waals surface area contributed by atoms with E-state index in [0.29, 0.717) is 0 Å². The number of nitrogens with one attached hydrogen (secondary N) is 1. The average Bonchev–Trinajstić information content (AvgIpc) is 2.37. The zero-order valence-corrected chi connectivity index (χ0v) is 12.4. The lowest BCUT2D eigenvalue weighted by Crippen LogP contribution is -2.14. The largest absolute Gasteiger partial charge is 0.316 e. The lowest BCUT2D eigenvalue weighted by Gasteiger charge is -2.07. The van der Waals surface area contributed by atoms with E-state index in [1.165, 1.54) is 30.3 Å². The van der Waals surface area contributed by atoms with E-state index in [1.54, 1.807) is 0 Å². The number of nitro benzene ring substituents is 1. The molecule has 0 spiro atoms. The molecule has 0 atom stereocenters. The molecule has 0 fully saturated rings. The van der Waals surface area contributed by atoms with Gasteiger partial charge in [0.25, 0.3) is 11.6 Å². The number of carbonyl (C=O) groups excluding carboxylic acids is 1. The van der Waals surface area contributed by atoms with Crippen LogP contribution in [-0.4, -0.2) is 15.8 Å².